The summed E-state index contributed by atoms with van der Waals surface area (Å²) in [5.74, 6) is -0.222. The summed E-state index contributed by atoms with van der Waals surface area (Å²) in [7, 11) is 0. The summed E-state index contributed by atoms with van der Waals surface area (Å²) >= 11 is 0. The Morgan fingerprint density at radius 2 is 2.00 bits per heavy atom. The number of carbonyl (C=O) groups is 3. The number of rotatable bonds is 9. The fraction of sp³-hybridized carbons (Fsp3) is 0.526. The smallest absolute Gasteiger partial charge is 0.339 e. The largest absolute Gasteiger partial charge is 0.490 e. The van der Waals surface area contributed by atoms with Crippen molar-refractivity contribution in [1.29, 1.82) is 0 Å². The van der Waals surface area contributed by atoms with Crippen LogP contribution in [-0.2, 0) is 9.53 Å². The third-order valence-corrected chi connectivity index (χ3v) is 3.99. The Kier molecular flexibility index (Phi) is 7.45. The Morgan fingerprint density at radius 1 is 1.22 bits per heavy atom. The van der Waals surface area contributed by atoms with Crippen LogP contribution in [-0.4, -0.2) is 55.2 Å². The number of urea groups is 1. The van der Waals surface area contributed by atoms with Crippen molar-refractivity contribution in [2.75, 3.05) is 26.3 Å². The molecule has 2 rings (SSSR count). The normalized spacial score (nSPS) is 14.5. The molecule has 27 heavy (non-hydrogen) atoms. The number of esters is 1. The van der Waals surface area contributed by atoms with Crippen molar-refractivity contribution in [1.82, 2.24) is 10.2 Å². The molecule has 8 nitrogen and oxygen atoms in total. The average molecular weight is 378 g/mol. The topological polar surface area (TPSA) is 94.2 Å². The Bertz CT molecular complexity index is 691. The van der Waals surface area contributed by atoms with Gasteiger partial charge >= 0.3 is 12.0 Å². The van der Waals surface area contributed by atoms with Gasteiger partial charge in [-0.2, -0.15) is 0 Å². The number of amides is 3. The summed E-state index contributed by atoms with van der Waals surface area (Å²) < 4.78 is 16.5. The predicted molar refractivity (Wildman–Crippen MR) is 98.0 cm³/mol. The van der Waals surface area contributed by atoms with E-state index in [-0.39, 0.29) is 12.1 Å². The number of ether oxygens (including phenoxy) is 3. The van der Waals surface area contributed by atoms with Crippen LogP contribution in [0.1, 0.15) is 44.0 Å². The van der Waals surface area contributed by atoms with Gasteiger partial charge in [0.15, 0.2) is 17.6 Å². The van der Waals surface area contributed by atoms with E-state index in [9.17, 15) is 14.4 Å². The van der Waals surface area contributed by atoms with Crippen LogP contribution in [0.4, 0.5) is 4.79 Å². The highest BCUT2D eigenvalue weighted by atomic mass is 16.5. The average Bonchev–Trinajstić information content (AvgIpc) is 3.08. The van der Waals surface area contributed by atoms with Crippen LogP contribution in [0.25, 0.3) is 0 Å². The van der Waals surface area contributed by atoms with Crippen LogP contribution in [0.3, 0.4) is 0 Å². The molecule has 148 valence electrons. The summed E-state index contributed by atoms with van der Waals surface area (Å²) in [5.41, 5.74) is 0.242. The molecule has 1 atom stereocenters. The summed E-state index contributed by atoms with van der Waals surface area (Å²) in [4.78, 5) is 37.2. The van der Waals surface area contributed by atoms with Crippen molar-refractivity contribution in [3.05, 3.63) is 23.8 Å². The van der Waals surface area contributed by atoms with E-state index in [0.29, 0.717) is 31.3 Å². The van der Waals surface area contributed by atoms with Crippen molar-refractivity contribution >= 4 is 17.9 Å². The highest BCUT2D eigenvalue weighted by Gasteiger charge is 2.31. The van der Waals surface area contributed by atoms with Crippen LogP contribution in [0.15, 0.2) is 18.2 Å². The fourth-order valence-corrected chi connectivity index (χ4v) is 2.53. The molecule has 1 aromatic rings. The van der Waals surface area contributed by atoms with Gasteiger partial charge in [-0.25, -0.2) is 9.59 Å². The number of hydrogen-bond donors (Lipinski definition) is 1. The third kappa shape index (κ3) is 5.35. The van der Waals surface area contributed by atoms with Crippen molar-refractivity contribution in [3.8, 4) is 11.5 Å². The van der Waals surface area contributed by atoms with E-state index in [4.69, 9.17) is 14.2 Å². The molecule has 1 aliphatic rings. The first-order valence-corrected chi connectivity index (χ1v) is 9.17. The van der Waals surface area contributed by atoms with Gasteiger partial charge in [-0.3, -0.25) is 9.69 Å². The lowest BCUT2D eigenvalue weighted by Gasteiger charge is -2.18. The highest BCUT2D eigenvalue weighted by Crippen LogP contribution is 2.29. The van der Waals surface area contributed by atoms with Crippen molar-refractivity contribution in [3.63, 3.8) is 0 Å². The van der Waals surface area contributed by atoms with Crippen LogP contribution >= 0.6 is 0 Å². The van der Waals surface area contributed by atoms with Gasteiger partial charge in [0.05, 0.1) is 18.8 Å². The first kappa shape index (κ1) is 20.5. The summed E-state index contributed by atoms with van der Waals surface area (Å²) in [6.07, 6.45) is 0.853. The number of hydrogen-bond acceptors (Lipinski definition) is 6. The number of carbonyl (C=O) groups excluding carboxylic acids is 3. The Morgan fingerprint density at radius 3 is 2.63 bits per heavy atom. The zero-order chi connectivity index (χ0) is 19.8. The molecule has 1 N–H and O–H groups in total. The molecule has 1 heterocycles. The summed E-state index contributed by atoms with van der Waals surface area (Å²) in [6, 6.07) is 4.27. The lowest BCUT2D eigenvalue weighted by molar-refractivity contribution is -0.136. The van der Waals surface area contributed by atoms with Gasteiger partial charge < -0.3 is 19.5 Å². The maximum Gasteiger partial charge on any atom is 0.339 e. The molecule has 1 aromatic carbocycles. The maximum absolute atomic E-state index is 12.4. The van der Waals surface area contributed by atoms with Crippen molar-refractivity contribution in [2.45, 2.75) is 39.7 Å². The molecule has 1 saturated heterocycles. The number of unbranched alkanes of at least 4 members (excludes halogenated alkanes) is 1. The van der Waals surface area contributed by atoms with Crippen molar-refractivity contribution < 1.29 is 28.6 Å². The molecular formula is C19H26N2O6. The van der Waals surface area contributed by atoms with E-state index in [1.54, 1.807) is 12.1 Å². The van der Waals surface area contributed by atoms with Gasteiger partial charge in [0.2, 0.25) is 0 Å². The molecule has 0 aliphatic carbocycles. The van der Waals surface area contributed by atoms with Gasteiger partial charge in [-0.15, -0.1) is 0 Å². The Hall–Kier alpha value is -2.77. The van der Waals surface area contributed by atoms with E-state index >= 15 is 0 Å². The second kappa shape index (κ2) is 9.80. The zero-order valence-corrected chi connectivity index (χ0v) is 15.9. The molecule has 0 bridgehead atoms. The second-order valence-electron chi connectivity index (χ2n) is 6.07. The lowest BCUT2D eigenvalue weighted by Crippen LogP contribution is -2.41. The van der Waals surface area contributed by atoms with Gasteiger partial charge in [0.25, 0.3) is 5.91 Å². The number of nitrogens with zero attached hydrogens (tertiary/aromatic N) is 1. The Labute approximate surface area is 158 Å². The SMILES string of the molecule is CCCCOc1ccc(C(=O)O[C@H](C)C(=O)N2CCNC2=O)cc1OCC. The number of imide groups is 1. The molecule has 1 fully saturated rings. The van der Waals surface area contributed by atoms with Crippen LogP contribution < -0.4 is 14.8 Å². The van der Waals surface area contributed by atoms with Gasteiger partial charge in [0.1, 0.15) is 0 Å². The predicted octanol–water partition coefficient (Wildman–Crippen LogP) is 2.36. The fourth-order valence-electron chi connectivity index (χ4n) is 2.53. The van der Waals surface area contributed by atoms with E-state index in [1.807, 2.05) is 6.92 Å². The molecule has 0 saturated carbocycles. The van der Waals surface area contributed by atoms with Gasteiger partial charge in [-0.05, 0) is 38.5 Å². The maximum atomic E-state index is 12.4. The minimum atomic E-state index is -1.07. The molecule has 0 unspecified atom stereocenters. The first-order chi connectivity index (χ1) is 13.0. The van der Waals surface area contributed by atoms with Crippen molar-refractivity contribution in [2.24, 2.45) is 0 Å². The summed E-state index contributed by atoms with van der Waals surface area (Å²) in [6.45, 7) is 6.98. The monoisotopic (exact) mass is 378 g/mol. The standard InChI is InChI=1S/C19H26N2O6/c1-4-6-11-26-15-8-7-14(12-16(15)25-5-2)18(23)27-13(3)17(22)21-10-9-20-19(21)24/h7-8,12-13H,4-6,9-11H2,1-3H3,(H,20,24)/t13-/m1/s1. The quantitative estimate of drug-likeness (QED) is 0.524. The van der Waals surface area contributed by atoms with E-state index in [2.05, 4.69) is 12.2 Å². The van der Waals surface area contributed by atoms with Crippen LogP contribution in [0.5, 0.6) is 11.5 Å². The molecular weight excluding hydrogens is 352 g/mol. The lowest BCUT2D eigenvalue weighted by atomic mass is 10.2. The van der Waals surface area contributed by atoms with E-state index < -0.39 is 24.0 Å². The van der Waals surface area contributed by atoms with E-state index in [0.717, 1.165) is 17.7 Å². The molecule has 3 amide bonds. The minimum absolute atomic E-state index is 0.242. The first-order valence-electron chi connectivity index (χ1n) is 9.17. The third-order valence-electron chi connectivity index (χ3n) is 3.99. The number of nitrogens with one attached hydrogen (secondary N) is 1. The molecule has 0 radical (unpaired) electrons. The highest BCUT2D eigenvalue weighted by molar-refractivity contribution is 5.99. The van der Waals surface area contributed by atoms with E-state index in [1.165, 1.54) is 13.0 Å². The van der Waals surface area contributed by atoms with Gasteiger partial charge in [-0.1, -0.05) is 13.3 Å². The van der Waals surface area contributed by atoms with Crippen LogP contribution in [0, 0.1) is 0 Å². The second-order valence-corrected chi connectivity index (χ2v) is 6.07. The molecule has 0 spiro atoms. The minimum Gasteiger partial charge on any atom is -0.490 e. The number of benzene rings is 1. The zero-order valence-electron chi connectivity index (χ0n) is 15.9. The molecule has 1 aliphatic heterocycles. The Balaban J connectivity index is 2.05. The van der Waals surface area contributed by atoms with Crippen LogP contribution in [0.2, 0.25) is 0 Å². The van der Waals surface area contributed by atoms with Gasteiger partial charge in [0, 0.05) is 13.1 Å². The summed E-state index contributed by atoms with van der Waals surface area (Å²) in [5, 5.41) is 2.53. The molecule has 8 heteroatoms. The molecule has 0 aromatic heterocycles.